The summed E-state index contributed by atoms with van der Waals surface area (Å²) in [4.78, 5) is 26.9. The number of benzene rings is 2. The first kappa shape index (κ1) is 23.0. The van der Waals surface area contributed by atoms with Gasteiger partial charge in [-0.25, -0.2) is 4.79 Å². The third-order valence-corrected chi connectivity index (χ3v) is 7.22. The van der Waals surface area contributed by atoms with Crippen LogP contribution in [0.2, 0.25) is 0 Å². The molecule has 2 aliphatic heterocycles. The van der Waals surface area contributed by atoms with Gasteiger partial charge in [-0.1, -0.05) is 25.5 Å². The number of likely N-dealkylation sites (tertiary alicyclic amines) is 1. The number of anilines is 1. The van der Waals surface area contributed by atoms with Crippen molar-refractivity contribution in [2.24, 2.45) is 10.3 Å². The lowest BCUT2D eigenvalue weighted by Gasteiger charge is -2.32. The summed E-state index contributed by atoms with van der Waals surface area (Å²) in [5.74, 6) is -0.180. The van der Waals surface area contributed by atoms with Crippen molar-refractivity contribution in [1.82, 2.24) is 4.90 Å². The largest absolute Gasteiger partial charge is 0.462 e. The van der Waals surface area contributed by atoms with Gasteiger partial charge in [0.05, 0.1) is 12.2 Å². The molecule has 2 heterocycles. The molecule has 8 nitrogen and oxygen atoms in total. The molecule has 1 fully saturated rings. The molecule has 0 unspecified atom stereocenters. The lowest BCUT2D eigenvalue weighted by atomic mass is 9.95. The molecular weight excluding hydrogens is 442 g/mol. The maximum atomic E-state index is 12.7. The summed E-state index contributed by atoms with van der Waals surface area (Å²) in [5, 5.41) is 2.91. The normalized spacial score (nSPS) is 17.2. The van der Waals surface area contributed by atoms with Gasteiger partial charge in [0.15, 0.2) is 5.84 Å². The number of carbonyl (C=O) groups is 2. The number of hydrogen-bond acceptors (Lipinski definition) is 6. The van der Waals surface area contributed by atoms with Crippen LogP contribution in [0.25, 0.3) is 0 Å². The van der Waals surface area contributed by atoms with Gasteiger partial charge in [0.2, 0.25) is 5.91 Å². The van der Waals surface area contributed by atoms with Crippen LogP contribution in [0, 0.1) is 5.92 Å². The Bertz CT molecular complexity index is 1170. The molecule has 9 heteroatoms. The average molecular weight is 470 g/mol. The van der Waals surface area contributed by atoms with Crippen molar-refractivity contribution in [3.8, 4) is 0 Å². The van der Waals surface area contributed by atoms with Crippen LogP contribution in [-0.4, -0.2) is 50.7 Å². The molecule has 33 heavy (non-hydrogen) atoms. The molecule has 2 aliphatic rings. The van der Waals surface area contributed by atoms with E-state index in [1.165, 1.54) is 0 Å². The number of sulfonamides is 1. The van der Waals surface area contributed by atoms with Gasteiger partial charge >= 0.3 is 5.97 Å². The molecule has 0 atom stereocenters. The van der Waals surface area contributed by atoms with E-state index in [9.17, 15) is 18.0 Å². The minimum atomic E-state index is -3.66. The average Bonchev–Trinajstić information content (AvgIpc) is 3.11. The Labute approximate surface area is 193 Å². The quantitative estimate of drug-likeness (QED) is 0.513. The highest BCUT2D eigenvalue weighted by Gasteiger charge is 2.34. The van der Waals surface area contributed by atoms with Crippen molar-refractivity contribution in [2.45, 2.75) is 37.5 Å². The fraction of sp³-hybridized carbons (Fsp3) is 0.375. The van der Waals surface area contributed by atoms with Gasteiger partial charge in [-0.15, -0.1) is 4.40 Å². The van der Waals surface area contributed by atoms with Gasteiger partial charge in [-0.3, -0.25) is 4.79 Å². The maximum absolute atomic E-state index is 12.7. The van der Waals surface area contributed by atoms with E-state index >= 15 is 0 Å². The third-order valence-electron chi connectivity index (χ3n) is 5.90. The molecule has 2 aromatic carbocycles. The van der Waals surface area contributed by atoms with Crippen molar-refractivity contribution in [2.75, 3.05) is 25.0 Å². The Hall–Kier alpha value is -3.20. The zero-order valence-corrected chi connectivity index (χ0v) is 19.3. The fourth-order valence-corrected chi connectivity index (χ4v) is 5.22. The minimum Gasteiger partial charge on any atom is -0.462 e. The predicted octanol–water partition coefficient (Wildman–Crippen LogP) is 3.44. The van der Waals surface area contributed by atoms with Gasteiger partial charge in [0, 0.05) is 30.3 Å². The molecule has 0 radical (unpaired) electrons. The Morgan fingerprint density at radius 1 is 1.09 bits per heavy atom. The molecular formula is C24H27N3O5S. The van der Waals surface area contributed by atoms with Gasteiger partial charge in [-0.05, 0) is 55.7 Å². The van der Waals surface area contributed by atoms with Crippen LogP contribution in [-0.2, 0) is 19.6 Å². The Kier molecular flexibility index (Phi) is 6.78. The number of ether oxygens (including phenoxy) is 1. The highest BCUT2D eigenvalue weighted by Crippen LogP contribution is 2.30. The molecule has 174 valence electrons. The zero-order chi connectivity index (χ0) is 23.4. The number of nitrogens with one attached hydrogen (secondary N) is 1. The van der Waals surface area contributed by atoms with Crippen LogP contribution >= 0.6 is 0 Å². The van der Waals surface area contributed by atoms with E-state index in [0.29, 0.717) is 55.2 Å². The number of hydrogen-bond donors (Lipinski definition) is 1. The summed E-state index contributed by atoms with van der Waals surface area (Å²) >= 11 is 0. The summed E-state index contributed by atoms with van der Waals surface area (Å²) in [6.07, 6.45) is 2.97. The van der Waals surface area contributed by atoms with Gasteiger partial charge in [0.1, 0.15) is 4.90 Å². The molecule has 0 aliphatic carbocycles. The predicted molar refractivity (Wildman–Crippen MR) is 125 cm³/mol. The van der Waals surface area contributed by atoms with E-state index in [4.69, 9.17) is 4.74 Å². The second-order valence-electron chi connectivity index (χ2n) is 8.20. The molecule has 1 amide bonds. The molecule has 0 bridgehead atoms. The van der Waals surface area contributed by atoms with Gasteiger partial charge in [-0.2, -0.15) is 8.42 Å². The second-order valence-corrected chi connectivity index (χ2v) is 9.78. The molecule has 1 saturated heterocycles. The van der Waals surface area contributed by atoms with Crippen molar-refractivity contribution in [1.29, 1.82) is 0 Å². The molecule has 0 aromatic heterocycles. The summed E-state index contributed by atoms with van der Waals surface area (Å²) in [6, 6.07) is 13.5. The first-order chi connectivity index (χ1) is 15.9. The summed E-state index contributed by atoms with van der Waals surface area (Å²) in [7, 11) is -3.66. The Balaban J connectivity index is 1.32. The van der Waals surface area contributed by atoms with Crippen molar-refractivity contribution >= 4 is 33.4 Å². The smallest absolute Gasteiger partial charge is 0.338 e. The zero-order valence-electron chi connectivity index (χ0n) is 18.5. The van der Waals surface area contributed by atoms with Crippen LogP contribution in [0.4, 0.5) is 5.69 Å². The van der Waals surface area contributed by atoms with Gasteiger partial charge in [0.25, 0.3) is 10.0 Å². The lowest BCUT2D eigenvalue weighted by Crippen LogP contribution is -2.41. The van der Waals surface area contributed by atoms with Crippen molar-refractivity contribution < 1.29 is 22.7 Å². The van der Waals surface area contributed by atoms with Crippen molar-refractivity contribution in [3.05, 3.63) is 59.7 Å². The van der Waals surface area contributed by atoms with Crippen LogP contribution in [0.1, 0.15) is 48.5 Å². The monoisotopic (exact) mass is 469 g/mol. The fourth-order valence-electron chi connectivity index (χ4n) is 4.00. The summed E-state index contributed by atoms with van der Waals surface area (Å²) in [6.45, 7) is 3.52. The van der Waals surface area contributed by atoms with E-state index in [1.807, 2.05) is 11.8 Å². The summed E-state index contributed by atoms with van der Waals surface area (Å²) < 4.78 is 33.8. The second kappa shape index (κ2) is 9.74. The molecule has 1 N–H and O–H groups in total. The van der Waals surface area contributed by atoms with Crippen LogP contribution in [0.5, 0.6) is 0 Å². The Morgan fingerprint density at radius 2 is 1.79 bits per heavy atom. The number of carbonyl (C=O) groups excluding carboxylic acids is 2. The van der Waals surface area contributed by atoms with Crippen molar-refractivity contribution in [3.63, 3.8) is 0 Å². The lowest BCUT2D eigenvalue weighted by molar-refractivity contribution is -0.120. The number of unbranched alkanes of at least 4 members (excludes halogenated alkanes) is 1. The number of amidine groups is 1. The van der Waals surface area contributed by atoms with E-state index in [2.05, 4.69) is 9.71 Å². The van der Waals surface area contributed by atoms with E-state index in [-0.39, 0.29) is 22.7 Å². The Morgan fingerprint density at radius 3 is 2.48 bits per heavy atom. The summed E-state index contributed by atoms with van der Waals surface area (Å²) in [5.41, 5.74) is 1.69. The molecule has 0 saturated carbocycles. The third kappa shape index (κ3) is 5.08. The van der Waals surface area contributed by atoms with Crippen LogP contribution < -0.4 is 5.32 Å². The number of nitrogens with zero attached hydrogens (tertiary/aromatic N) is 2. The SMILES string of the molecule is CCCCOC(=O)c1ccc(NC(=O)C2CCN(C3=NS(=O)(=O)c4ccccc43)CC2)cc1. The highest BCUT2D eigenvalue weighted by molar-refractivity contribution is 7.90. The van der Waals surface area contributed by atoms with Gasteiger partial charge < -0.3 is 15.0 Å². The highest BCUT2D eigenvalue weighted by atomic mass is 32.2. The van der Waals surface area contributed by atoms with Crippen LogP contribution in [0.3, 0.4) is 0 Å². The van der Waals surface area contributed by atoms with E-state index in [1.54, 1.807) is 48.5 Å². The number of piperidine rings is 1. The molecule has 2 aromatic rings. The first-order valence-corrected chi connectivity index (χ1v) is 12.6. The number of fused-ring (bicyclic) bond motifs is 1. The first-order valence-electron chi connectivity index (χ1n) is 11.2. The number of rotatable bonds is 6. The standard InChI is InChI=1S/C24H27N3O5S/c1-2-3-16-32-24(29)18-8-10-19(11-9-18)25-23(28)17-12-14-27(15-13-17)22-20-6-4-5-7-21(20)33(30,31)26-22/h4-11,17H,2-3,12-16H2,1H3,(H,25,28). The molecule has 0 spiro atoms. The number of esters is 1. The minimum absolute atomic E-state index is 0.0886. The van der Waals surface area contributed by atoms with Crippen LogP contribution in [0.15, 0.2) is 57.8 Å². The van der Waals surface area contributed by atoms with E-state index in [0.717, 1.165) is 12.8 Å². The topological polar surface area (TPSA) is 105 Å². The number of amides is 1. The maximum Gasteiger partial charge on any atom is 0.338 e. The molecule has 4 rings (SSSR count). The van der Waals surface area contributed by atoms with E-state index < -0.39 is 10.0 Å².